The predicted octanol–water partition coefficient (Wildman–Crippen LogP) is 8.65. The zero-order valence-corrected chi connectivity index (χ0v) is 18.8. The summed E-state index contributed by atoms with van der Waals surface area (Å²) < 4.78 is 0. The van der Waals surface area contributed by atoms with Gasteiger partial charge in [-0.1, -0.05) is 76.5 Å². The van der Waals surface area contributed by atoms with Crippen molar-refractivity contribution in [3.8, 4) is 0 Å². The Morgan fingerprint density at radius 3 is 2.48 bits per heavy atom. The van der Waals surface area contributed by atoms with Gasteiger partial charge in [-0.25, -0.2) is 0 Å². The SMILES string of the molecule is CC(C)C/C=C/CC1CCC2/C(=C/C=C3/CCCCC3(C)C)CCCC12C. The number of fused-ring (bicyclic) bond motifs is 1. The van der Waals surface area contributed by atoms with Gasteiger partial charge in [0.05, 0.1) is 0 Å². The zero-order chi connectivity index (χ0) is 19.5. The van der Waals surface area contributed by atoms with Crippen molar-refractivity contribution in [2.45, 2.75) is 105 Å². The average molecular weight is 369 g/mol. The fourth-order valence-electron chi connectivity index (χ4n) is 6.26. The summed E-state index contributed by atoms with van der Waals surface area (Å²) in [6.07, 6.45) is 25.2. The van der Waals surface area contributed by atoms with E-state index in [1.807, 2.05) is 0 Å². The molecule has 3 aliphatic carbocycles. The Balaban J connectivity index is 1.70. The van der Waals surface area contributed by atoms with Gasteiger partial charge >= 0.3 is 0 Å². The zero-order valence-electron chi connectivity index (χ0n) is 18.8. The molecule has 0 aliphatic heterocycles. The fourth-order valence-corrected chi connectivity index (χ4v) is 6.26. The van der Waals surface area contributed by atoms with Crippen LogP contribution in [-0.4, -0.2) is 0 Å². The van der Waals surface area contributed by atoms with Crippen molar-refractivity contribution in [3.63, 3.8) is 0 Å². The van der Waals surface area contributed by atoms with Gasteiger partial charge in [0.2, 0.25) is 0 Å². The summed E-state index contributed by atoms with van der Waals surface area (Å²) in [6.45, 7) is 12.2. The lowest BCUT2D eigenvalue weighted by molar-refractivity contribution is 0.137. The molecular weight excluding hydrogens is 324 g/mol. The number of rotatable bonds is 5. The molecule has 0 bridgehead atoms. The molecule has 0 N–H and O–H groups in total. The van der Waals surface area contributed by atoms with Crippen molar-refractivity contribution in [3.05, 3.63) is 35.5 Å². The molecule has 0 saturated heterocycles. The molecule has 3 unspecified atom stereocenters. The molecule has 0 amide bonds. The molecule has 0 aromatic rings. The Kier molecular flexibility index (Phi) is 6.75. The monoisotopic (exact) mass is 368 g/mol. The quantitative estimate of drug-likeness (QED) is 0.426. The van der Waals surface area contributed by atoms with Crippen molar-refractivity contribution in [2.75, 3.05) is 0 Å². The summed E-state index contributed by atoms with van der Waals surface area (Å²) in [5.41, 5.74) is 4.46. The molecule has 3 saturated carbocycles. The smallest absolute Gasteiger partial charge is 0.0142 e. The van der Waals surface area contributed by atoms with Crippen LogP contribution >= 0.6 is 0 Å². The third kappa shape index (κ3) is 4.80. The van der Waals surface area contributed by atoms with Crippen molar-refractivity contribution in [2.24, 2.45) is 28.6 Å². The molecule has 3 aliphatic rings. The highest BCUT2D eigenvalue weighted by molar-refractivity contribution is 5.27. The first-order chi connectivity index (χ1) is 12.8. The normalized spacial score (nSPS) is 36.8. The predicted molar refractivity (Wildman–Crippen MR) is 120 cm³/mol. The highest BCUT2D eigenvalue weighted by Gasteiger charge is 2.48. The Bertz CT molecular complexity index is 585. The van der Waals surface area contributed by atoms with Crippen LogP contribution in [0.4, 0.5) is 0 Å². The highest BCUT2D eigenvalue weighted by Crippen LogP contribution is 2.58. The maximum Gasteiger partial charge on any atom is -0.0142 e. The molecule has 152 valence electrons. The van der Waals surface area contributed by atoms with Crippen molar-refractivity contribution < 1.29 is 0 Å². The van der Waals surface area contributed by atoms with Crippen LogP contribution in [0.5, 0.6) is 0 Å². The molecule has 0 spiro atoms. The van der Waals surface area contributed by atoms with E-state index in [9.17, 15) is 0 Å². The number of allylic oxidation sites excluding steroid dienone is 6. The van der Waals surface area contributed by atoms with Gasteiger partial charge in [0.1, 0.15) is 0 Å². The minimum Gasteiger partial charge on any atom is -0.0883 e. The van der Waals surface area contributed by atoms with E-state index in [0.717, 1.165) is 17.8 Å². The van der Waals surface area contributed by atoms with Crippen LogP contribution in [0.3, 0.4) is 0 Å². The fraction of sp³-hybridized carbons (Fsp3) is 0.778. The summed E-state index contributed by atoms with van der Waals surface area (Å²) in [7, 11) is 0. The van der Waals surface area contributed by atoms with Gasteiger partial charge in [0.25, 0.3) is 0 Å². The van der Waals surface area contributed by atoms with Gasteiger partial charge in [-0.15, -0.1) is 0 Å². The van der Waals surface area contributed by atoms with E-state index in [0.29, 0.717) is 10.8 Å². The van der Waals surface area contributed by atoms with Crippen LogP contribution in [-0.2, 0) is 0 Å². The summed E-state index contributed by atoms with van der Waals surface area (Å²) >= 11 is 0. The largest absolute Gasteiger partial charge is 0.0883 e. The standard InChI is InChI=1S/C27H44/c1-21(2)11-6-7-14-24-17-18-25-22(12-10-20-27(24,25)5)15-16-23-13-8-9-19-26(23,3)4/h6-7,15-16,21,24-25H,8-14,17-20H2,1-5H3/b7-6+,22-15+,23-16-. The average Bonchev–Trinajstić information content (AvgIpc) is 2.94. The third-order valence-electron chi connectivity index (χ3n) is 8.22. The maximum atomic E-state index is 2.62. The van der Waals surface area contributed by atoms with E-state index < -0.39 is 0 Å². The summed E-state index contributed by atoms with van der Waals surface area (Å²) in [4.78, 5) is 0. The van der Waals surface area contributed by atoms with E-state index in [4.69, 9.17) is 0 Å². The molecule has 3 fully saturated rings. The summed E-state index contributed by atoms with van der Waals surface area (Å²) in [5, 5.41) is 0. The molecule has 0 radical (unpaired) electrons. The van der Waals surface area contributed by atoms with Crippen molar-refractivity contribution in [1.29, 1.82) is 0 Å². The van der Waals surface area contributed by atoms with E-state index in [1.54, 1.807) is 11.1 Å². The molecule has 27 heavy (non-hydrogen) atoms. The molecule has 0 aromatic carbocycles. The van der Waals surface area contributed by atoms with Crippen LogP contribution < -0.4 is 0 Å². The van der Waals surface area contributed by atoms with Crippen molar-refractivity contribution in [1.82, 2.24) is 0 Å². The Morgan fingerprint density at radius 1 is 0.926 bits per heavy atom. The topological polar surface area (TPSA) is 0 Å². The number of hydrogen-bond donors (Lipinski definition) is 0. The molecule has 0 heteroatoms. The summed E-state index contributed by atoms with van der Waals surface area (Å²) in [5.74, 6) is 2.53. The Labute approximate surface area is 169 Å². The van der Waals surface area contributed by atoms with Gasteiger partial charge in [0.15, 0.2) is 0 Å². The second-order valence-corrected chi connectivity index (χ2v) is 11.0. The lowest BCUT2D eigenvalue weighted by Crippen LogP contribution is -2.33. The second kappa shape index (κ2) is 8.71. The van der Waals surface area contributed by atoms with Gasteiger partial charge in [-0.3, -0.25) is 0 Å². The van der Waals surface area contributed by atoms with Crippen LogP contribution in [0, 0.1) is 28.6 Å². The van der Waals surface area contributed by atoms with Gasteiger partial charge in [-0.2, -0.15) is 0 Å². The minimum atomic E-state index is 0.423. The van der Waals surface area contributed by atoms with Crippen LogP contribution in [0.1, 0.15) is 105 Å². The molecule has 0 nitrogen and oxygen atoms in total. The van der Waals surface area contributed by atoms with E-state index in [-0.39, 0.29) is 0 Å². The van der Waals surface area contributed by atoms with E-state index in [1.165, 1.54) is 70.6 Å². The molecule has 3 rings (SSSR count). The maximum absolute atomic E-state index is 2.62. The van der Waals surface area contributed by atoms with E-state index in [2.05, 4.69) is 58.9 Å². The van der Waals surface area contributed by atoms with Gasteiger partial charge < -0.3 is 0 Å². The van der Waals surface area contributed by atoms with Crippen molar-refractivity contribution >= 4 is 0 Å². The molecule has 0 heterocycles. The number of hydrogen-bond acceptors (Lipinski definition) is 0. The van der Waals surface area contributed by atoms with Gasteiger partial charge in [0, 0.05) is 0 Å². The lowest BCUT2D eigenvalue weighted by Gasteiger charge is -2.42. The molecular formula is C27H44. The molecule has 3 atom stereocenters. The lowest BCUT2D eigenvalue weighted by atomic mass is 9.63. The van der Waals surface area contributed by atoms with Crippen LogP contribution in [0.2, 0.25) is 0 Å². The summed E-state index contributed by atoms with van der Waals surface area (Å²) in [6, 6.07) is 0. The Morgan fingerprint density at radius 2 is 1.74 bits per heavy atom. The first kappa shape index (κ1) is 20.9. The van der Waals surface area contributed by atoms with Crippen LogP contribution in [0.25, 0.3) is 0 Å². The van der Waals surface area contributed by atoms with Gasteiger partial charge in [-0.05, 0) is 92.8 Å². The Hall–Kier alpha value is -0.780. The van der Waals surface area contributed by atoms with Crippen LogP contribution in [0.15, 0.2) is 35.5 Å². The minimum absolute atomic E-state index is 0.423. The first-order valence-corrected chi connectivity index (χ1v) is 11.9. The second-order valence-electron chi connectivity index (χ2n) is 11.0. The van der Waals surface area contributed by atoms with E-state index >= 15 is 0 Å². The highest BCUT2D eigenvalue weighted by atomic mass is 14.5. The third-order valence-corrected chi connectivity index (χ3v) is 8.22. The molecule has 0 aromatic heterocycles. The first-order valence-electron chi connectivity index (χ1n) is 11.9.